The first-order valence-corrected chi connectivity index (χ1v) is 6.34. The van der Waals surface area contributed by atoms with Crippen molar-refractivity contribution in [2.24, 2.45) is 0 Å². The van der Waals surface area contributed by atoms with Crippen molar-refractivity contribution < 1.29 is 27.5 Å². The van der Waals surface area contributed by atoms with Crippen molar-refractivity contribution in [2.45, 2.75) is 51.4 Å². The summed E-state index contributed by atoms with van der Waals surface area (Å²) in [6, 6.07) is -0.703. The van der Waals surface area contributed by atoms with Gasteiger partial charge in [0.1, 0.15) is 5.60 Å². The van der Waals surface area contributed by atoms with Gasteiger partial charge in [-0.1, -0.05) is 0 Å². The molecule has 1 atom stereocenters. The maximum Gasteiger partial charge on any atom is 0.471 e. The van der Waals surface area contributed by atoms with Crippen LogP contribution in [0, 0.1) is 0 Å². The number of hydrogen-bond donors (Lipinski definition) is 1. The minimum atomic E-state index is -4.91. The Hall–Kier alpha value is -1.47. The van der Waals surface area contributed by atoms with E-state index in [-0.39, 0.29) is 6.54 Å². The molecule has 5 nitrogen and oxygen atoms in total. The number of carbonyl (C=O) groups excluding carboxylic acids is 2. The second kappa shape index (κ2) is 5.88. The maximum atomic E-state index is 12.2. The molecule has 1 aliphatic heterocycles. The summed E-state index contributed by atoms with van der Waals surface area (Å²) in [4.78, 5) is 24.0. The number of halogens is 3. The van der Waals surface area contributed by atoms with Gasteiger partial charge in [-0.3, -0.25) is 4.79 Å². The van der Waals surface area contributed by atoms with Gasteiger partial charge in [-0.25, -0.2) is 4.79 Å². The summed E-state index contributed by atoms with van der Waals surface area (Å²) in [5, 5.41) is 1.89. The zero-order chi connectivity index (χ0) is 15.6. The summed E-state index contributed by atoms with van der Waals surface area (Å²) in [5.41, 5.74) is -0.667. The normalized spacial score (nSPS) is 20.5. The minimum absolute atomic E-state index is 0.0245. The van der Waals surface area contributed by atoms with Gasteiger partial charge in [-0.05, 0) is 33.6 Å². The zero-order valence-electron chi connectivity index (χ0n) is 11.7. The Balaban J connectivity index is 2.55. The van der Waals surface area contributed by atoms with E-state index in [0.29, 0.717) is 19.4 Å². The van der Waals surface area contributed by atoms with E-state index in [1.807, 2.05) is 5.32 Å². The molecule has 20 heavy (non-hydrogen) atoms. The first-order valence-electron chi connectivity index (χ1n) is 6.34. The Morgan fingerprint density at radius 3 is 2.35 bits per heavy atom. The van der Waals surface area contributed by atoms with Crippen molar-refractivity contribution in [1.29, 1.82) is 0 Å². The lowest BCUT2D eigenvalue weighted by Gasteiger charge is -2.34. The third-order valence-corrected chi connectivity index (χ3v) is 2.67. The molecule has 8 heteroatoms. The number of piperidine rings is 1. The van der Waals surface area contributed by atoms with Crippen LogP contribution in [-0.2, 0) is 9.53 Å². The molecule has 0 aromatic carbocycles. The fourth-order valence-electron chi connectivity index (χ4n) is 1.85. The van der Waals surface area contributed by atoms with Crippen LogP contribution in [0.1, 0.15) is 33.6 Å². The van der Waals surface area contributed by atoms with Gasteiger partial charge in [-0.2, -0.15) is 13.2 Å². The zero-order valence-corrected chi connectivity index (χ0v) is 11.7. The van der Waals surface area contributed by atoms with Crippen LogP contribution in [-0.4, -0.2) is 47.8 Å². The first-order chi connectivity index (χ1) is 8.99. The molecule has 1 heterocycles. The Labute approximate surface area is 115 Å². The van der Waals surface area contributed by atoms with Gasteiger partial charge < -0.3 is 15.0 Å². The summed E-state index contributed by atoms with van der Waals surface area (Å²) in [6.07, 6.45) is -4.57. The number of amides is 2. The average molecular weight is 296 g/mol. The maximum absolute atomic E-state index is 12.2. The van der Waals surface area contributed by atoms with Crippen LogP contribution >= 0.6 is 0 Å². The molecule has 1 rings (SSSR count). The highest BCUT2D eigenvalue weighted by atomic mass is 19.4. The van der Waals surface area contributed by atoms with E-state index in [2.05, 4.69) is 0 Å². The summed E-state index contributed by atoms with van der Waals surface area (Å²) >= 11 is 0. The molecular formula is C12H19F3N2O3. The van der Waals surface area contributed by atoms with Gasteiger partial charge >= 0.3 is 18.2 Å². The molecule has 0 radical (unpaired) electrons. The predicted octanol–water partition coefficient (Wildman–Crippen LogP) is 2.06. The highest BCUT2D eigenvalue weighted by molar-refractivity contribution is 5.82. The highest BCUT2D eigenvalue weighted by Crippen LogP contribution is 2.18. The molecule has 0 saturated carbocycles. The van der Waals surface area contributed by atoms with Gasteiger partial charge in [-0.15, -0.1) is 0 Å². The topological polar surface area (TPSA) is 58.6 Å². The van der Waals surface area contributed by atoms with E-state index in [1.165, 1.54) is 4.90 Å². The molecule has 0 spiro atoms. The van der Waals surface area contributed by atoms with E-state index in [1.54, 1.807) is 20.8 Å². The standard InChI is InChI=1S/C12H19F3N2O3/c1-11(2,3)20-10(19)17-6-4-5-8(7-17)16-9(18)12(13,14)15/h8H,4-7H2,1-3H3,(H,16,18). The van der Waals surface area contributed by atoms with Crippen LogP contribution in [0.4, 0.5) is 18.0 Å². The number of nitrogens with zero attached hydrogens (tertiary/aromatic N) is 1. The Kier molecular flexibility index (Phi) is 4.88. The highest BCUT2D eigenvalue weighted by Gasteiger charge is 2.40. The predicted molar refractivity (Wildman–Crippen MR) is 65.0 cm³/mol. The molecule has 0 aromatic rings. The van der Waals surface area contributed by atoms with Gasteiger partial charge in [0.05, 0.1) is 0 Å². The summed E-state index contributed by atoms with van der Waals surface area (Å²) in [6.45, 7) is 5.55. The largest absolute Gasteiger partial charge is 0.471 e. The molecule has 1 N–H and O–H groups in total. The molecule has 1 aliphatic rings. The van der Waals surface area contributed by atoms with Gasteiger partial charge in [0.15, 0.2) is 0 Å². The van der Waals surface area contributed by atoms with Crippen molar-refractivity contribution in [2.75, 3.05) is 13.1 Å². The number of alkyl halides is 3. The number of hydrogen-bond acceptors (Lipinski definition) is 3. The molecule has 116 valence electrons. The van der Waals surface area contributed by atoms with Crippen molar-refractivity contribution in [3.63, 3.8) is 0 Å². The second-order valence-electron chi connectivity index (χ2n) is 5.74. The lowest BCUT2D eigenvalue weighted by atomic mass is 10.1. The quantitative estimate of drug-likeness (QED) is 0.806. The van der Waals surface area contributed by atoms with E-state index < -0.39 is 29.8 Å². The molecule has 2 amide bonds. The van der Waals surface area contributed by atoms with Crippen LogP contribution in [0.5, 0.6) is 0 Å². The molecular weight excluding hydrogens is 277 g/mol. The van der Waals surface area contributed by atoms with Crippen molar-refractivity contribution in [3.8, 4) is 0 Å². The van der Waals surface area contributed by atoms with E-state index in [0.717, 1.165) is 0 Å². The first kappa shape index (κ1) is 16.6. The summed E-state index contributed by atoms with van der Waals surface area (Å²) < 4.78 is 41.6. The summed E-state index contributed by atoms with van der Waals surface area (Å²) in [7, 11) is 0. The lowest BCUT2D eigenvalue weighted by Crippen LogP contribution is -2.53. The number of likely N-dealkylation sites (tertiary alicyclic amines) is 1. The van der Waals surface area contributed by atoms with Crippen molar-refractivity contribution in [3.05, 3.63) is 0 Å². The van der Waals surface area contributed by atoms with Crippen molar-refractivity contribution >= 4 is 12.0 Å². The van der Waals surface area contributed by atoms with Gasteiger partial charge in [0.25, 0.3) is 0 Å². The Morgan fingerprint density at radius 1 is 1.25 bits per heavy atom. The average Bonchev–Trinajstić information content (AvgIpc) is 2.25. The number of ether oxygens (including phenoxy) is 1. The fourth-order valence-corrected chi connectivity index (χ4v) is 1.85. The Bertz CT molecular complexity index is 377. The Morgan fingerprint density at radius 2 is 1.85 bits per heavy atom. The number of nitrogens with one attached hydrogen (secondary N) is 1. The van der Waals surface area contributed by atoms with Crippen LogP contribution in [0.15, 0.2) is 0 Å². The molecule has 0 aromatic heterocycles. The van der Waals surface area contributed by atoms with Gasteiger partial charge in [0.2, 0.25) is 0 Å². The lowest BCUT2D eigenvalue weighted by molar-refractivity contribution is -0.174. The second-order valence-corrected chi connectivity index (χ2v) is 5.74. The van der Waals surface area contributed by atoms with E-state index in [4.69, 9.17) is 4.74 Å². The monoisotopic (exact) mass is 296 g/mol. The number of carbonyl (C=O) groups is 2. The fraction of sp³-hybridized carbons (Fsp3) is 0.833. The molecule has 0 bridgehead atoms. The third-order valence-electron chi connectivity index (χ3n) is 2.67. The van der Waals surface area contributed by atoms with E-state index >= 15 is 0 Å². The van der Waals surface area contributed by atoms with Crippen LogP contribution in [0.25, 0.3) is 0 Å². The van der Waals surface area contributed by atoms with Crippen LogP contribution < -0.4 is 5.32 Å². The molecule has 0 aliphatic carbocycles. The molecule has 1 unspecified atom stereocenters. The SMILES string of the molecule is CC(C)(C)OC(=O)N1CCCC(NC(=O)C(F)(F)F)C1. The molecule has 1 fully saturated rings. The summed E-state index contributed by atoms with van der Waals surface area (Å²) in [5.74, 6) is -1.98. The van der Waals surface area contributed by atoms with Crippen LogP contribution in [0.3, 0.4) is 0 Å². The molecule has 1 saturated heterocycles. The number of rotatable bonds is 1. The minimum Gasteiger partial charge on any atom is -0.444 e. The van der Waals surface area contributed by atoms with Crippen molar-refractivity contribution in [1.82, 2.24) is 10.2 Å². The smallest absolute Gasteiger partial charge is 0.444 e. The van der Waals surface area contributed by atoms with E-state index in [9.17, 15) is 22.8 Å². The van der Waals surface area contributed by atoms with Gasteiger partial charge in [0, 0.05) is 19.1 Å². The van der Waals surface area contributed by atoms with Crippen LogP contribution in [0.2, 0.25) is 0 Å². The third kappa shape index (κ3) is 5.26.